The van der Waals surface area contributed by atoms with Crippen molar-refractivity contribution in [3.63, 3.8) is 0 Å². The molecule has 0 unspecified atom stereocenters. The van der Waals surface area contributed by atoms with E-state index in [-0.39, 0.29) is 54.6 Å². The lowest BCUT2D eigenvalue weighted by atomic mass is 10.1. The Bertz CT molecular complexity index is 873. The monoisotopic (exact) mass is 632 g/mol. The maximum atomic E-state index is 8.99. The maximum Gasteiger partial charge on any atom is 0.173 e. The van der Waals surface area contributed by atoms with Gasteiger partial charge in [0.15, 0.2) is 31.3 Å². The standard InChI is InChI=1S/C24H30N2O2.2HI/c1-28-24-12-10-23(11-13-24)20-26-16-4-8-21(19-26)6-2-14-25-15-3-7-22(18-25)9-5-17-27;;/h3-4,7-8,10-13,15-16,18-19,27H,2,5-6,9,14,17,20H2,1H3;2*1H/q+2;;/p-2. The Kier molecular flexibility index (Phi) is 13.1. The molecule has 0 atom stereocenters. The van der Waals surface area contributed by atoms with Gasteiger partial charge in [0.05, 0.1) is 7.11 Å². The Morgan fingerprint density at radius 2 is 1.37 bits per heavy atom. The number of aromatic nitrogens is 2. The van der Waals surface area contributed by atoms with Gasteiger partial charge in [-0.1, -0.05) is 0 Å². The first-order valence-corrected chi connectivity index (χ1v) is 9.96. The summed E-state index contributed by atoms with van der Waals surface area (Å²) in [7, 11) is 1.69. The van der Waals surface area contributed by atoms with Crippen LogP contribution in [0.1, 0.15) is 29.5 Å². The molecule has 2 heterocycles. The van der Waals surface area contributed by atoms with Gasteiger partial charge >= 0.3 is 0 Å². The number of halogens is 2. The number of hydrogen-bond donors (Lipinski definition) is 1. The van der Waals surface area contributed by atoms with E-state index in [1.807, 2.05) is 12.1 Å². The van der Waals surface area contributed by atoms with Crippen LogP contribution < -0.4 is 61.8 Å². The van der Waals surface area contributed by atoms with E-state index in [1.165, 1.54) is 16.7 Å². The second-order valence-corrected chi connectivity index (χ2v) is 7.11. The van der Waals surface area contributed by atoms with E-state index in [0.29, 0.717) is 0 Å². The van der Waals surface area contributed by atoms with Crippen LogP contribution in [0.4, 0.5) is 0 Å². The Morgan fingerprint density at radius 3 is 2.00 bits per heavy atom. The summed E-state index contributed by atoms with van der Waals surface area (Å²) in [6, 6.07) is 16.8. The minimum Gasteiger partial charge on any atom is -1.00 e. The van der Waals surface area contributed by atoms with Gasteiger partial charge in [0.2, 0.25) is 0 Å². The number of aliphatic hydroxyl groups excluding tert-OH is 1. The Morgan fingerprint density at radius 1 is 0.767 bits per heavy atom. The average Bonchev–Trinajstić information content (AvgIpc) is 2.73. The molecule has 2 aromatic heterocycles. The molecule has 0 bridgehead atoms. The topological polar surface area (TPSA) is 37.2 Å². The van der Waals surface area contributed by atoms with E-state index < -0.39 is 0 Å². The van der Waals surface area contributed by atoms with Crippen LogP contribution in [-0.4, -0.2) is 18.8 Å². The second kappa shape index (κ2) is 14.7. The molecule has 4 nitrogen and oxygen atoms in total. The largest absolute Gasteiger partial charge is 1.00 e. The summed E-state index contributed by atoms with van der Waals surface area (Å²) in [5, 5.41) is 8.99. The van der Waals surface area contributed by atoms with Crippen molar-refractivity contribution in [1.29, 1.82) is 0 Å². The molecule has 0 saturated carbocycles. The van der Waals surface area contributed by atoms with Gasteiger partial charge in [-0.3, -0.25) is 0 Å². The molecule has 3 rings (SSSR count). The lowest BCUT2D eigenvalue weighted by Gasteiger charge is -2.03. The summed E-state index contributed by atoms with van der Waals surface area (Å²) in [4.78, 5) is 0. The van der Waals surface area contributed by atoms with Gasteiger partial charge in [0.25, 0.3) is 0 Å². The van der Waals surface area contributed by atoms with Crippen LogP contribution in [0.25, 0.3) is 0 Å². The molecule has 162 valence electrons. The van der Waals surface area contributed by atoms with Crippen molar-refractivity contribution in [2.24, 2.45) is 0 Å². The number of aliphatic hydroxyl groups is 1. The van der Waals surface area contributed by atoms with Crippen LogP contribution in [0, 0.1) is 0 Å². The zero-order chi connectivity index (χ0) is 19.6. The highest BCUT2D eigenvalue weighted by Gasteiger charge is 2.07. The first-order chi connectivity index (χ1) is 13.8. The summed E-state index contributed by atoms with van der Waals surface area (Å²) in [5.74, 6) is 0.889. The van der Waals surface area contributed by atoms with Gasteiger partial charge in [-0.05, 0) is 55.7 Å². The maximum absolute atomic E-state index is 8.99. The molecule has 0 saturated heterocycles. The van der Waals surface area contributed by atoms with Crippen LogP contribution in [0.5, 0.6) is 5.75 Å². The van der Waals surface area contributed by atoms with Crippen molar-refractivity contribution in [2.75, 3.05) is 13.7 Å². The van der Waals surface area contributed by atoms with Crippen molar-refractivity contribution < 1.29 is 66.9 Å². The smallest absolute Gasteiger partial charge is 0.173 e. The minimum atomic E-state index is 0. The SMILES string of the molecule is COc1ccc(C[n+]2cccc(CCC[n+]3cccc(CCCO)c3)c2)cc1.[I-].[I-]. The lowest BCUT2D eigenvalue weighted by molar-refractivity contribution is -0.697. The quantitative estimate of drug-likeness (QED) is 0.190. The number of ether oxygens (including phenoxy) is 1. The van der Waals surface area contributed by atoms with Crippen molar-refractivity contribution in [1.82, 2.24) is 0 Å². The van der Waals surface area contributed by atoms with Gasteiger partial charge in [-0.25, -0.2) is 9.13 Å². The van der Waals surface area contributed by atoms with Crippen LogP contribution in [-0.2, 0) is 25.9 Å². The molecule has 0 aliphatic rings. The number of aryl methyl sites for hydroxylation is 3. The van der Waals surface area contributed by atoms with Crippen molar-refractivity contribution in [3.05, 3.63) is 90.0 Å². The van der Waals surface area contributed by atoms with Crippen molar-refractivity contribution in [3.8, 4) is 5.75 Å². The number of pyridine rings is 2. The zero-order valence-corrected chi connectivity index (χ0v) is 21.7. The molecule has 0 aliphatic carbocycles. The summed E-state index contributed by atoms with van der Waals surface area (Å²) in [6.45, 7) is 2.11. The third kappa shape index (κ3) is 8.85. The highest BCUT2D eigenvalue weighted by Crippen LogP contribution is 2.11. The lowest BCUT2D eigenvalue weighted by Crippen LogP contribution is -3.00. The fraction of sp³-hybridized carbons (Fsp3) is 0.333. The first-order valence-electron chi connectivity index (χ1n) is 9.96. The molecule has 1 aromatic carbocycles. The molecule has 0 radical (unpaired) electrons. The van der Waals surface area contributed by atoms with Crippen LogP contribution in [0.2, 0.25) is 0 Å². The molecular formula is C24H30I2N2O2. The molecular weight excluding hydrogens is 602 g/mol. The third-order valence-electron chi connectivity index (χ3n) is 4.87. The van der Waals surface area contributed by atoms with E-state index in [9.17, 15) is 0 Å². The van der Waals surface area contributed by atoms with Gasteiger partial charge in [-0.15, -0.1) is 0 Å². The Hall–Kier alpha value is -1.26. The van der Waals surface area contributed by atoms with E-state index in [2.05, 4.69) is 70.3 Å². The van der Waals surface area contributed by atoms with Crippen LogP contribution in [0.15, 0.2) is 73.3 Å². The molecule has 6 heteroatoms. The van der Waals surface area contributed by atoms with Gasteiger partial charge in [0, 0.05) is 41.9 Å². The molecule has 0 amide bonds. The molecule has 30 heavy (non-hydrogen) atoms. The van der Waals surface area contributed by atoms with E-state index in [4.69, 9.17) is 9.84 Å². The van der Waals surface area contributed by atoms with Crippen molar-refractivity contribution >= 4 is 0 Å². The van der Waals surface area contributed by atoms with E-state index in [1.54, 1.807) is 7.11 Å². The minimum absolute atomic E-state index is 0. The van der Waals surface area contributed by atoms with E-state index in [0.717, 1.165) is 44.5 Å². The second-order valence-electron chi connectivity index (χ2n) is 7.11. The van der Waals surface area contributed by atoms with E-state index >= 15 is 0 Å². The molecule has 1 N–H and O–H groups in total. The summed E-state index contributed by atoms with van der Waals surface area (Å²) < 4.78 is 9.71. The van der Waals surface area contributed by atoms with Gasteiger partial charge in [0.1, 0.15) is 12.3 Å². The predicted octanol–water partition coefficient (Wildman–Crippen LogP) is -3.12. The molecule has 0 aliphatic heterocycles. The number of rotatable bonds is 10. The Labute approximate surface area is 214 Å². The molecule has 0 spiro atoms. The first kappa shape index (κ1) is 26.8. The highest BCUT2D eigenvalue weighted by atomic mass is 127. The predicted molar refractivity (Wildman–Crippen MR) is 109 cm³/mol. The summed E-state index contributed by atoms with van der Waals surface area (Å²) in [6.07, 6.45) is 12.6. The number of methoxy groups -OCH3 is 1. The number of hydrogen-bond acceptors (Lipinski definition) is 2. The highest BCUT2D eigenvalue weighted by molar-refractivity contribution is 5.26. The number of nitrogens with zero attached hydrogens (tertiary/aromatic N) is 2. The van der Waals surface area contributed by atoms with Crippen LogP contribution in [0.3, 0.4) is 0 Å². The van der Waals surface area contributed by atoms with Crippen molar-refractivity contribution in [2.45, 2.75) is 38.8 Å². The van der Waals surface area contributed by atoms with Gasteiger partial charge in [-0.2, -0.15) is 0 Å². The van der Waals surface area contributed by atoms with Crippen LogP contribution >= 0.6 is 0 Å². The number of benzene rings is 1. The van der Waals surface area contributed by atoms with Gasteiger partial charge < -0.3 is 57.8 Å². The fourth-order valence-electron chi connectivity index (χ4n) is 3.38. The average molecular weight is 632 g/mol. The summed E-state index contributed by atoms with van der Waals surface area (Å²) in [5.41, 5.74) is 3.90. The molecule has 3 aromatic rings. The third-order valence-corrected chi connectivity index (χ3v) is 4.87. The zero-order valence-electron chi connectivity index (χ0n) is 17.4. The molecule has 0 fully saturated rings. The fourth-order valence-corrected chi connectivity index (χ4v) is 3.38. The Balaban J connectivity index is 0.00000225. The summed E-state index contributed by atoms with van der Waals surface area (Å²) >= 11 is 0. The normalized spacial score (nSPS) is 10.1.